The molecule has 1 saturated heterocycles. The highest BCUT2D eigenvalue weighted by molar-refractivity contribution is 4.99. The first-order valence-corrected chi connectivity index (χ1v) is 6.09. The lowest BCUT2D eigenvalue weighted by Crippen LogP contribution is -2.45. The van der Waals surface area contributed by atoms with E-state index in [9.17, 15) is 0 Å². The normalized spacial score (nSPS) is 25.1. The van der Waals surface area contributed by atoms with Gasteiger partial charge in [-0.2, -0.15) is 4.98 Å². The number of nitrogens with zero attached hydrogens (tertiary/aromatic N) is 4. The maximum atomic E-state index is 5.88. The van der Waals surface area contributed by atoms with Crippen LogP contribution in [0.2, 0.25) is 0 Å². The third-order valence-electron chi connectivity index (χ3n) is 3.36. The first-order valence-electron chi connectivity index (χ1n) is 6.09. The maximum Gasteiger partial charge on any atom is 0.243 e. The fraction of sp³-hybridized carbons (Fsp3) is 0.818. The SMILES string of the molecule is CC[C@@H](N)c1nc(C2CN(C)CCN2C)no1. The van der Waals surface area contributed by atoms with Gasteiger partial charge in [0, 0.05) is 19.6 Å². The number of hydrogen-bond donors (Lipinski definition) is 1. The van der Waals surface area contributed by atoms with Gasteiger partial charge in [0.25, 0.3) is 0 Å². The molecule has 2 heterocycles. The molecule has 1 aromatic heterocycles. The minimum atomic E-state index is -0.150. The van der Waals surface area contributed by atoms with Gasteiger partial charge in [-0.25, -0.2) is 0 Å². The molecule has 6 heteroatoms. The number of hydrogen-bond acceptors (Lipinski definition) is 6. The lowest BCUT2D eigenvalue weighted by molar-refractivity contribution is 0.108. The molecule has 0 aromatic carbocycles. The lowest BCUT2D eigenvalue weighted by atomic mass is 10.2. The fourth-order valence-corrected chi connectivity index (χ4v) is 2.00. The van der Waals surface area contributed by atoms with Crippen LogP contribution < -0.4 is 5.73 Å². The quantitative estimate of drug-likeness (QED) is 0.823. The van der Waals surface area contributed by atoms with Crippen LogP contribution in [-0.2, 0) is 0 Å². The zero-order valence-corrected chi connectivity index (χ0v) is 10.8. The molecule has 0 amide bonds. The summed E-state index contributed by atoms with van der Waals surface area (Å²) in [6.07, 6.45) is 0.808. The summed E-state index contributed by atoms with van der Waals surface area (Å²) >= 11 is 0. The molecular formula is C11H21N5O. The van der Waals surface area contributed by atoms with Crippen molar-refractivity contribution >= 4 is 0 Å². The summed E-state index contributed by atoms with van der Waals surface area (Å²) in [5.74, 6) is 1.29. The fourth-order valence-electron chi connectivity index (χ4n) is 2.00. The molecule has 1 aromatic rings. The molecule has 0 radical (unpaired) electrons. The smallest absolute Gasteiger partial charge is 0.243 e. The van der Waals surface area contributed by atoms with Crippen molar-refractivity contribution in [2.75, 3.05) is 33.7 Å². The molecule has 1 aliphatic rings. The van der Waals surface area contributed by atoms with Crippen LogP contribution in [0.5, 0.6) is 0 Å². The van der Waals surface area contributed by atoms with Crippen molar-refractivity contribution < 1.29 is 4.52 Å². The number of likely N-dealkylation sites (N-methyl/N-ethyl adjacent to an activating group) is 2. The van der Waals surface area contributed by atoms with Crippen LogP contribution in [-0.4, -0.2) is 53.7 Å². The van der Waals surface area contributed by atoms with Gasteiger partial charge < -0.3 is 15.2 Å². The molecule has 0 aliphatic carbocycles. The number of aromatic nitrogens is 2. The standard InChI is InChI=1S/C11H21N5O/c1-4-8(12)11-13-10(14-17-11)9-7-15(2)5-6-16(9)3/h8-9H,4-7,12H2,1-3H3/t8-,9?/m1/s1. The van der Waals surface area contributed by atoms with Gasteiger partial charge in [0.2, 0.25) is 5.89 Å². The molecule has 96 valence electrons. The Kier molecular flexibility index (Phi) is 3.76. The largest absolute Gasteiger partial charge is 0.338 e. The summed E-state index contributed by atoms with van der Waals surface area (Å²) < 4.78 is 5.22. The Bertz CT molecular complexity index is 366. The van der Waals surface area contributed by atoms with E-state index >= 15 is 0 Å². The highest BCUT2D eigenvalue weighted by atomic mass is 16.5. The Morgan fingerprint density at radius 3 is 2.94 bits per heavy atom. The van der Waals surface area contributed by atoms with Crippen LogP contribution in [0.3, 0.4) is 0 Å². The molecule has 1 unspecified atom stereocenters. The Morgan fingerprint density at radius 2 is 2.24 bits per heavy atom. The highest BCUT2D eigenvalue weighted by Gasteiger charge is 2.28. The summed E-state index contributed by atoms with van der Waals surface area (Å²) in [4.78, 5) is 8.95. The van der Waals surface area contributed by atoms with Gasteiger partial charge in [-0.1, -0.05) is 12.1 Å². The predicted octanol–water partition coefficient (Wildman–Crippen LogP) is 0.398. The van der Waals surface area contributed by atoms with Gasteiger partial charge >= 0.3 is 0 Å². The minimum absolute atomic E-state index is 0.150. The third-order valence-corrected chi connectivity index (χ3v) is 3.36. The average Bonchev–Trinajstić information content (AvgIpc) is 2.80. The Balaban J connectivity index is 2.13. The van der Waals surface area contributed by atoms with Crippen LogP contribution in [0.1, 0.15) is 37.1 Å². The average molecular weight is 239 g/mol. The van der Waals surface area contributed by atoms with Crippen molar-refractivity contribution in [3.05, 3.63) is 11.7 Å². The van der Waals surface area contributed by atoms with Gasteiger partial charge in [0.15, 0.2) is 5.82 Å². The summed E-state index contributed by atoms with van der Waals surface area (Å²) in [5.41, 5.74) is 5.88. The van der Waals surface area contributed by atoms with E-state index in [2.05, 4.69) is 34.0 Å². The molecular weight excluding hydrogens is 218 g/mol. The van der Waals surface area contributed by atoms with Gasteiger partial charge in [-0.05, 0) is 20.5 Å². The van der Waals surface area contributed by atoms with E-state index in [1.165, 1.54) is 0 Å². The van der Waals surface area contributed by atoms with Gasteiger partial charge in [0.05, 0.1) is 12.1 Å². The van der Waals surface area contributed by atoms with Crippen LogP contribution in [0.25, 0.3) is 0 Å². The monoisotopic (exact) mass is 239 g/mol. The van der Waals surface area contributed by atoms with Crippen LogP contribution in [0, 0.1) is 0 Å². The second-order valence-electron chi connectivity index (χ2n) is 4.76. The van der Waals surface area contributed by atoms with Crippen molar-refractivity contribution in [1.82, 2.24) is 19.9 Å². The second kappa shape index (κ2) is 5.12. The van der Waals surface area contributed by atoms with Crippen molar-refractivity contribution in [2.45, 2.75) is 25.4 Å². The van der Waals surface area contributed by atoms with Crippen LogP contribution in [0.15, 0.2) is 4.52 Å². The van der Waals surface area contributed by atoms with Crippen molar-refractivity contribution in [2.24, 2.45) is 5.73 Å². The van der Waals surface area contributed by atoms with E-state index in [4.69, 9.17) is 10.3 Å². The Morgan fingerprint density at radius 1 is 1.47 bits per heavy atom. The first-order chi connectivity index (χ1) is 8.11. The summed E-state index contributed by atoms with van der Waals surface area (Å²) in [5, 5.41) is 4.06. The Labute approximate surface area is 102 Å². The minimum Gasteiger partial charge on any atom is -0.338 e. The lowest BCUT2D eigenvalue weighted by Gasteiger charge is -2.35. The highest BCUT2D eigenvalue weighted by Crippen LogP contribution is 2.22. The van der Waals surface area contributed by atoms with Gasteiger partial charge in [-0.3, -0.25) is 4.90 Å². The van der Waals surface area contributed by atoms with E-state index in [1.54, 1.807) is 0 Å². The van der Waals surface area contributed by atoms with Crippen molar-refractivity contribution in [3.63, 3.8) is 0 Å². The molecule has 0 saturated carbocycles. The Hall–Kier alpha value is -0.980. The number of nitrogens with two attached hydrogens (primary N) is 1. The van der Waals surface area contributed by atoms with Crippen molar-refractivity contribution in [1.29, 1.82) is 0 Å². The first kappa shape index (κ1) is 12.5. The van der Waals surface area contributed by atoms with E-state index in [1.807, 2.05) is 6.92 Å². The summed E-state index contributed by atoms with van der Waals surface area (Å²) in [7, 11) is 4.20. The molecule has 0 bridgehead atoms. The van der Waals surface area contributed by atoms with E-state index in [0.29, 0.717) is 5.89 Å². The van der Waals surface area contributed by atoms with E-state index in [-0.39, 0.29) is 12.1 Å². The predicted molar refractivity (Wildman–Crippen MR) is 64.4 cm³/mol. The second-order valence-corrected chi connectivity index (χ2v) is 4.76. The van der Waals surface area contributed by atoms with Crippen LogP contribution >= 0.6 is 0 Å². The van der Waals surface area contributed by atoms with Crippen LogP contribution in [0.4, 0.5) is 0 Å². The zero-order chi connectivity index (χ0) is 12.4. The summed E-state index contributed by atoms with van der Waals surface area (Å²) in [6.45, 7) is 5.03. The molecule has 2 N–H and O–H groups in total. The molecule has 17 heavy (non-hydrogen) atoms. The van der Waals surface area contributed by atoms with Gasteiger partial charge in [0.1, 0.15) is 0 Å². The number of piperazine rings is 1. The van der Waals surface area contributed by atoms with Gasteiger partial charge in [-0.15, -0.1) is 0 Å². The maximum absolute atomic E-state index is 5.88. The molecule has 0 spiro atoms. The molecule has 1 fully saturated rings. The molecule has 2 atom stereocenters. The van der Waals surface area contributed by atoms with Crippen molar-refractivity contribution in [3.8, 4) is 0 Å². The topological polar surface area (TPSA) is 71.4 Å². The summed E-state index contributed by atoms with van der Waals surface area (Å²) in [6, 6.07) is 0.0539. The molecule has 6 nitrogen and oxygen atoms in total. The van der Waals surface area contributed by atoms with E-state index < -0.39 is 0 Å². The molecule has 2 rings (SSSR count). The van der Waals surface area contributed by atoms with E-state index in [0.717, 1.165) is 31.9 Å². The molecule has 1 aliphatic heterocycles. The number of rotatable bonds is 3. The zero-order valence-electron chi connectivity index (χ0n) is 10.8. The third kappa shape index (κ3) is 2.65.